The number of aliphatic hydroxyl groups is 1. The molecule has 2 heterocycles. The molecule has 2 atom stereocenters. The van der Waals surface area contributed by atoms with Crippen molar-refractivity contribution in [2.75, 3.05) is 24.7 Å². The number of anilines is 1. The van der Waals surface area contributed by atoms with E-state index in [1.807, 2.05) is 30.3 Å². The van der Waals surface area contributed by atoms with Crippen LogP contribution in [-0.2, 0) is 16.4 Å². The number of ether oxygens (including phenoxy) is 1. The van der Waals surface area contributed by atoms with Crippen LogP contribution in [0.15, 0.2) is 53.4 Å². The Labute approximate surface area is 159 Å². The van der Waals surface area contributed by atoms with E-state index in [0.29, 0.717) is 12.2 Å². The summed E-state index contributed by atoms with van der Waals surface area (Å²) in [6.07, 6.45) is 2.52. The minimum atomic E-state index is -3.65. The maximum absolute atomic E-state index is 12.8. The highest BCUT2D eigenvalue weighted by atomic mass is 32.2. The number of benzene rings is 2. The molecule has 6 nitrogen and oxygen atoms in total. The van der Waals surface area contributed by atoms with Crippen LogP contribution in [0, 0.1) is 0 Å². The molecule has 0 amide bonds. The average Bonchev–Trinajstić information content (AvgIpc) is 3.10. The van der Waals surface area contributed by atoms with Crippen molar-refractivity contribution in [3.8, 4) is 5.75 Å². The number of sulfonamides is 1. The highest BCUT2D eigenvalue weighted by Crippen LogP contribution is 2.34. The number of nitrogens with one attached hydrogen (secondary N) is 1. The smallest absolute Gasteiger partial charge is 0.244 e. The van der Waals surface area contributed by atoms with Crippen molar-refractivity contribution in [1.29, 1.82) is 0 Å². The first-order valence-corrected chi connectivity index (χ1v) is 10.8. The Morgan fingerprint density at radius 1 is 1.19 bits per heavy atom. The number of fused-ring (bicyclic) bond motifs is 1. The van der Waals surface area contributed by atoms with Crippen molar-refractivity contribution in [1.82, 2.24) is 4.72 Å². The van der Waals surface area contributed by atoms with Crippen molar-refractivity contribution < 1.29 is 18.3 Å². The van der Waals surface area contributed by atoms with Gasteiger partial charge in [0, 0.05) is 18.3 Å². The van der Waals surface area contributed by atoms with Gasteiger partial charge in [-0.3, -0.25) is 0 Å². The van der Waals surface area contributed by atoms with Gasteiger partial charge in [0.15, 0.2) is 0 Å². The van der Waals surface area contributed by atoms with E-state index in [1.54, 1.807) is 18.2 Å². The third-order valence-corrected chi connectivity index (χ3v) is 6.78. The highest BCUT2D eigenvalue weighted by Gasteiger charge is 2.30. The molecular formula is C20H24N2O4S. The quantitative estimate of drug-likeness (QED) is 0.837. The lowest BCUT2D eigenvalue weighted by molar-refractivity contribution is 0.266. The largest absolute Gasteiger partial charge is 0.490 e. The van der Waals surface area contributed by atoms with Gasteiger partial charge >= 0.3 is 0 Å². The van der Waals surface area contributed by atoms with E-state index in [4.69, 9.17) is 4.74 Å². The van der Waals surface area contributed by atoms with Crippen LogP contribution >= 0.6 is 0 Å². The van der Waals surface area contributed by atoms with Crippen LogP contribution in [0.2, 0.25) is 0 Å². The summed E-state index contributed by atoms with van der Waals surface area (Å²) >= 11 is 0. The van der Waals surface area contributed by atoms with Crippen LogP contribution in [-0.4, -0.2) is 45.4 Å². The molecule has 0 bridgehead atoms. The van der Waals surface area contributed by atoms with Gasteiger partial charge in [-0.15, -0.1) is 0 Å². The van der Waals surface area contributed by atoms with E-state index in [2.05, 4.69) is 9.62 Å². The molecule has 0 saturated carbocycles. The Bertz CT molecular complexity index is 901. The predicted molar refractivity (Wildman–Crippen MR) is 104 cm³/mol. The van der Waals surface area contributed by atoms with E-state index in [9.17, 15) is 13.5 Å². The average molecular weight is 388 g/mol. The highest BCUT2D eigenvalue weighted by molar-refractivity contribution is 7.89. The summed E-state index contributed by atoms with van der Waals surface area (Å²) in [5.41, 5.74) is 1.95. The van der Waals surface area contributed by atoms with E-state index < -0.39 is 10.0 Å². The van der Waals surface area contributed by atoms with Gasteiger partial charge in [-0.25, -0.2) is 13.1 Å². The number of hydrogen-bond acceptors (Lipinski definition) is 5. The first-order valence-electron chi connectivity index (χ1n) is 9.27. The van der Waals surface area contributed by atoms with Gasteiger partial charge in [-0.2, -0.15) is 0 Å². The van der Waals surface area contributed by atoms with E-state index >= 15 is 0 Å². The van der Waals surface area contributed by atoms with Crippen LogP contribution in [0.1, 0.15) is 18.4 Å². The summed E-state index contributed by atoms with van der Waals surface area (Å²) in [5, 5.41) is 9.56. The van der Waals surface area contributed by atoms with Crippen LogP contribution in [0.4, 0.5) is 5.69 Å². The molecule has 1 saturated heterocycles. The lowest BCUT2D eigenvalue weighted by Gasteiger charge is -2.26. The number of rotatable bonds is 4. The predicted octanol–water partition coefficient (Wildman–Crippen LogP) is 1.93. The number of hydrogen-bond donors (Lipinski definition) is 2. The van der Waals surface area contributed by atoms with Crippen LogP contribution in [0.3, 0.4) is 0 Å². The van der Waals surface area contributed by atoms with Gasteiger partial charge in [-0.1, -0.05) is 30.3 Å². The molecule has 2 N–H and O–H groups in total. The van der Waals surface area contributed by atoms with Crippen LogP contribution in [0.25, 0.3) is 0 Å². The Kier molecular flexibility index (Phi) is 5.08. The van der Waals surface area contributed by atoms with E-state index in [-0.39, 0.29) is 30.2 Å². The lowest BCUT2D eigenvalue weighted by atomic mass is 10.1. The monoisotopic (exact) mass is 388 g/mol. The first-order chi connectivity index (χ1) is 13.1. The fourth-order valence-electron chi connectivity index (χ4n) is 3.88. The summed E-state index contributed by atoms with van der Waals surface area (Å²) in [4.78, 5) is 2.29. The van der Waals surface area contributed by atoms with E-state index in [1.165, 1.54) is 0 Å². The lowest BCUT2D eigenvalue weighted by Crippen LogP contribution is -2.38. The van der Waals surface area contributed by atoms with Gasteiger partial charge in [0.1, 0.15) is 17.3 Å². The molecule has 0 aliphatic carbocycles. The Hall–Kier alpha value is -2.09. The van der Waals surface area contributed by atoms with E-state index in [0.717, 1.165) is 30.6 Å². The van der Waals surface area contributed by atoms with Gasteiger partial charge < -0.3 is 14.7 Å². The van der Waals surface area contributed by atoms with Crippen molar-refractivity contribution in [3.05, 3.63) is 54.1 Å². The molecule has 2 aromatic carbocycles. The van der Waals surface area contributed by atoms with Gasteiger partial charge in [0.25, 0.3) is 0 Å². The summed E-state index contributed by atoms with van der Waals surface area (Å²) in [6.45, 7) is 1.22. The summed E-state index contributed by atoms with van der Waals surface area (Å²) in [6, 6.07) is 14.7. The Balaban J connectivity index is 1.59. The third kappa shape index (κ3) is 3.81. The molecule has 0 aromatic heterocycles. The van der Waals surface area contributed by atoms with Crippen molar-refractivity contribution in [2.24, 2.45) is 0 Å². The summed E-state index contributed by atoms with van der Waals surface area (Å²) in [7, 11) is -3.65. The zero-order valence-electron chi connectivity index (χ0n) is 15.0. The maximum Gasteiger partial charge on any atom is 0.244 e. The molecule has 2 aliphatic rings. The molecular weight excluding hydrogens is 364 g/mol. The summed E-state index contributed by atoms with van der Waals surface area (Å²) < 4.78 is 34.3. The summed E-state index contributed by atoms with van der Waals surface area (Å²) in [5.74, 6) is 0.374. The second-order valence-electron chi connectivity index (χ2n) is 7.12. The molecule has 2 aromatic rings. The molecule has 1 fully saturated rings. The van der Waals surface area contributed by atoms with Gasteiger partial charge in [0.05, 0.1) is 18.7 Å². The molecule has 0 radical (unpaired) electrons. The van der Waals surface area contributed by atoms with Crippen molar-refractivity contribution in [3.63, 3.8) is 0 Å². The van der Waals surface area contributed by atoms with Crippen molar-refractivity contribution >= 4 is 15.7 Å². The minimum Gasteiger partial charge on any atom is -0.490 e. The zero-order chi connectivity index (χ0) is 18.9. The molecule has 144 valence electrons. The fraction of sp³-hybridized carbons (Fsp3) is 0.400. The normalized spacial score (nSPS) is 24.1. The minimum absolute atomic E-state index is 0.0781. The molecule has 7 heteroatoms. The molecule has 4 rings (SSSR count). The van der Waals surface area contributed by atoms with Crippen molar-refractivity contribution in [2.45, 2.75) is 36.2 Å². The number of nitrogens with zero attached hydrogens (tertiary/aromatic N) is 1. The molecule has 0 spiro atoms. The standard InChI is InChI=1S/C20H24N2O4S/c23-13-18-7-4-10-22(18)17-8-9-20-19(12-17)26-14-16(21-27(20,24)25)11-15-5-2-1-3-6-15/h1-3,5-6,8-9,12,16,18,21,23H,4,7,10-11,13-14H2/t16-,18+/m1/s1. The topological polar surface area (TPSA) is 78.9 Å². The van der Waals surface area contributed by atoms with Gasteiger partial charge in [-0.05, 0) is 37.0 Å². The fourth-order valence-corrected chi connectivity index (χ4v) is 5.23. The maximum atomic E-state index is 12.8. The second-order valence-corrected chi connectivity index (χ2v) is 8.80. The SMILES string of the molecule is O=S1(=O)N[C@H](Cc2ccccc2)COc2cc(N3CCC[C@H]3CO)ccc21. The van der Waals surface area contributed by atoms with Crippen LogP contribution in [0.5, 0.6) is 5.75 Å². The number of aliphatic hydroxyl groups excluding tert-OH is 1. The molecule has 0 unspecified atom stereocenters. The molecule has 27 heavy (non-hydrogen) atoms. The second kappa shape index (κ2) is 7.50. The van der Waals surface area contributed by atoms with Gasteiger partial charge in [0.2, 0.25) is 10.0 Å². The third-order valence-electron chi connectivity index (χ3n) is 5.22. The van der Waals surface area contributed by atoms with Crippen LogP contribution < -0.4 is 14.4 Å². The zero-order valence-corrected chi connectivity index (χ0v) is 15.9. The first kappa shape index (κ1) is 18.3. The Morgan fingerprint density at radius 3 is 2.78 bits per heavy atom. The molecule has 2 aliphatic heterocycles. The Morgan fingerprint density at radius 2 is 2.00 bits per heavy atom.